The predicted molar refractivity (Wildman–Crippen MR) is 94.9 cm³/mol. The lowest BCUT2D eigenvalue weighted by Gasteiger charge is -2.06. The molecule has 0 saturated heterocycles. The van der Waals surface area contributed by atoms with E-state index in [4.69, 9.17) is 32.4 Å². The molecular weight excluding hydrogens is 371 g/mol. The number of carbonyl (C=O) groups excluding carboxylic acids is 1. The summed E-state index contributed by atoms with van der Waals surface area (Å²) in [6.45, 7) is 3.55. The van der Waals surface area contributed by atoms with Gasteiger partial charge in [0.2, 0.25) is 0 Å². The Morgan fingerprint density at radius 3 is 2.96 bits per heavy atom. The van der Waals surface area contributed by atoms with Crippen LogP contribution in [0.3, 0.4) is 0 Å². The number of nitrogens with zero attached hydrogens (tertiary/aromatic N) is 2. The summed E-state index contributed by atoms with van der Waals surface area (Å²) < 4.78 is 13.3. The lowest BCUT2D eigenvalue weighted by Crippen LogP contribution is -2.19. The molecule has 0 bridgehead atoms. The second kappa shape index (κ2) is 7.53. The van der Waals surface area contributed by atoms with Gasteiger partial charge in [-0.05, 0) is 31.2 Å². The molecule has 0 aliphatic rings. The van der Waals surface area contributed by atoms with Crippen LogP contribution in [-0.2, 0) is 11.3 Å². The number of benzene rings is 1. The van der Waals surface area contributed by atoms with Gasteiger partial charge in [-0.2, -0.15) is 4.99 Å². The SMILES string of the molecule is CCOCCn1c(=NC(=O)c2ccco2)sc2cc(Cl)cc(Cl)c21. The van der Waals surface area contributed by atoms with E-state index in [2.05, 4.69) is 4.99 Å². The average molecular weight is 385 g/mol. The van der Waals surface area contributed by atoms with E-state index >= 15 is 0 Å². The summed E-state index contributed by atoms with van der Waals surface area (Å²) in [6.07, 6.45) is 1.44. The molecular formula is C16H14Cl2N2O3S. The molecule has 0 spiro atoms. The molecule has 2 heterocycles. The Bertz CT molecular complexity index is 929. The van der Waals surface area contributed by atoms with Gasteiger partial charge in [0.1, 0.15) is 0 Å². The van der Waals surface area contributed by atoms with Crippen molar-refractivity contribution >= 4 is 50.7 Å². The number of ether oxygens (including phenoxy) is 1. The molecule has 126 valence electrons. The first-order valence-electron chi connectivity index (χ1n) is 7.29. The summed E-state index contributed by atoms with van der Waals surface area (Å²) in [5, 5.41) is 1.05. The molecule has 0 aliphatic carbocycles. The third-order valence-electron chi connectivity index (χ3n) is 3.29. The molecule has 0 atom stereocenters. The molecule has 0 fully saturated rings. The number of halogens is 2. The van der Waals surface area contributed by atoms with Crippen molar-refractivity contribution in [1.82, 2.24) is 4.57 Å². The van der Waals surface area contributed by atoms with Crippen molar-refractivity contribution in [1.29, 1.82) is 0 Å². The Kier molecular flexibility index (Phi) is 5.40. The number of hydrogen-bond donors (Lipinski definition) is 0. The monoisotopic (exact) mass is 384 g/mol. The van der Waals surface area contributed by atoms with Crippen molar-refractivity contribution in [2.24, 2.45) is 4.99 Å². The molecule has 0 radical (unpaired) electrons. The van der Waals surface area contributed by atoms with Gasteiger partial charge in [0.25, 0.3) is 0 Å². The first-order valence-corrected chi connectivity index (χ1v) is 8.86. The first-order chi connectivity index (χ1) is 11.6. The van der Waals surface area contributed by atoms with Crippen molar-refractivity contribution in [3.05, 3.63) is 51.1 Å². The van der Waals surface area contributed by atoms with Gasteiger partial charge in [-0.1, -0.05) is 34.5 Å². The number of fused-ring (bicyclic) bond motifs is 1. The normalized spacial score (nSPS) is 12.2. The fourth-order valence-electron chi connectivity index (χ4n) is 2.26. The lowest BCUT2D eigenvalue weighted by molar-refractivity contribution is 0.0970. The second-order valence-corrected chi connectivity index (χ2v) is 6.71. The molecule has 1 amide bonds. The van der Waals surface area contributed by atoms with Crippen LogP contribution in [0.2, 0.25) is 10.0 Å². The largest absolute Gasteiger partial charge is 0.459 e. The molecule has 0 N–H and O–H groups in total. The van der Waals surface area contributed by atoms with Crippen LogP contribution in [-0.4, -0.2) is 23.7 Å². The second-order valence-electron chi connectivity index (χ2n) is 4.86. The number of aromatic nitrogens is 1. The van der Waals surface area contributed by atoms with Crippen LogP contribution >= 0.6 is 34.5 Å². The van der Waals surface area contributed by atoms with Crippen molar-refractivity contribution < 1.29 is 13.9 Å². The van der Waals surface area contributed by atoms with Crippen LogP contribution in [0.15, 0.2) is 39.9 Å². The van der Waals surface area contributed by atoms with Crippen LogP contribution in [0.5, 0.6) is 0 Å². The summed E-state index contributed by atoms with van der Waals surface area (Å²) in [7, 11) is 0. The smallest absolute Gasteiger partial charge is 0.315 e. The Hall–Kier alpha value is -1.60. The highest BCUT2D eigenvalue weighted by Gasteiger charge is 2.14. The fourth-order valence-corrected chi connectivity index (χ4v) is 4.10. The van der Waals surface area contributed by atoms with Gasteiger partial charge in [0.15, 0.2) is 10.6 Å². The van der Waals surface area contributed by atoms with E-state index < -0.39 is 5.91 Å². The van der Waals surface area contributed by atoms with Crippen molar-refractivity contribution in [2.45, 2.75) is 13.5 Å². The molecule has 2 aromatic heterocycles. The van der Waals surface area contributed by atoms with Gasteiger partial charge in [-0.25, -0.2) is 0 Å². The maximum absolute atomic E-state index is 12.2. The Labute approximate surface area is 152 Å². The molecule has 0 aliphatic heterocycles. The summed E-state index contributed by atoms with van der Waals surface area (Å²) in [4.78, 5) is 16.9. The van der Waals surface area contributed by atoms with Crippen LogP contribution in [0.25, 0.3) is 10.2 Å². The molecule has 1 aromatic carbocycles. The summed E-state index contributed by atoms with van der Waals surface area (Å²) in [5.74, 6) is -0.258. The van der Waals surface area contributed by atoms with Gasteiger partial charge >= 0.3 is 5.91 Å². The fraction of sp³-hybridized carbons (Fsp3) is 0.250. The average Bonchev–Trinajstić information content (AvgIpc) is 3.16. The minimum atomic E-state index is -0.445. The molecule has 0 saturated carbocycles. The molecule has 3 aromatic rings. The van der Waals surface area contributed by atoms with E-state index in [0.717, 1.165) is 10.2 Å². The van der Waals surface area contributed by atoms with Crippen LogP contribution in [0, 0.1) is 0 Å². The maximum atomic E-state index is 12.2. The summed E-state index contributed by atoms with van der Waals surface area (Å²) in [5.41, 5.74) is 0.789. The van der Waals surface area contributed by atoms with E-state index in [1.165, 1.54) is 17.6 Å². The standard InChI is InChI=1S/C16H14Cl2N2O3S/c1-2-22-7-5-20-14-11(18)8-10(17)9-13(14)24-16(20)19-15(21)12-4-3-6-23-12/h3-4,6,8-9H,2,5,7H2,1H3. The van der Waals surface area contributed by atoms with Gasteiger partial charge in [0.05, 0.1) is 28.1 Å². The Morgan fingerprint density at radius 2 is 2.25 bits per heavy atom. The number of hydrogen-bond acceptors (Lipinski definition) is 4. The zero-order valence-electron chi connectivity index (χ0n) is 12.8. The summed E-state index contributed by atoms with van der Waals surface area (Å²) in [6, 6.07) is 6.70. The van der Waals surface area contributed by atoms with E-state index in [1.807, 2.05) is 11.5 Å². The number of amides is 1. The van der Waals surface area contributed by atoms with E-state index in [1.54, 1.807) is 24.3 Å². The van der Waals surface area contributed by atoms with E-state index in [-0.39, 0.29) is 5.76 Å². The molecule has 5 nitrogen and oxygen atoms in total. The van der Waals surface area contributed by atoms with Gasteiger partial charge in [0, 0.05) is 18.2 Å². The minimum Gasteiger partial charge on any atom is -0.459 e. The van der Waals surface area contributed by atoms with Crippen molar-refractivity contribution in [3.63, 3.8) is 0 Å². The van der Waals surface area contributed by atoms with Crippen LogP contribution in [0.4, 0.5) is 0 Å². The first kappa shape index (κ1) is 17.2. The van der Waals surface area contributed by atoms with Crippen LogP contribution < -0.4 is 4.80 Å². The highest BCUT2D eigenvalue weighted by Crippen LogP contribution is 2.29. The molecule has 0 unspecified atom stereocenters. The van der Waals surface area contributed by atoms with Gasteiger partial charge < -0.3 is 13.7 Å². The number of furan rings is 1. The minimum absolute atomic E-state index is 0.188. The predicted octanol–water partition coefficient (Wildman–Crippen LogP) is 4.38. The Morgan fingerprint density at radius 1 is 1.42 bits per heavy atom. The number of carbonyl (C=O) groups is 1. The lowest BCUT2D eigenvalue weighted by atomic mass is 10.3. The maximum Gasteiger partial charge on any atom is 0.315 e. The molecule has 8 heteroatoms. The highest BCUT2D eigenvalue weighted by atomic mass is 35.5. The quantitative estimate of drug-likeness (QED) is 0.613. The zero-order chi connectivity index (χ0) is 17.1. The zero-order valence-corrected chi connectivity index (χ0v) is 15.1. The third kappa shape index (κ3) is 3.57. The Balaban J connectivity index is 2.13. The van der Waals surface area contributed by atoms with E-state index in [9.17, 15) is 4.79 Å². The summed E-state index contributed by atoms with van der Waals surface area (Å²) >= 11 is 13.8. The molecule has 24 heavy (non-hydrogen) atoms. The van der Waals surface area contributed by atoms with Gasteiger partial charge in [-0.3, -0.25) is 4.79 Å². The highest BCUT2D eigenvalue weighted by molar-refractivity contribution is 7.16. The number of thiazole rings is 1. The van der Waals surface area contributed by atoms with Crippen molar-refractivity contribution in [2.75, 3.05) is 13.2 Å². The molecule has 3 rings (SSSR count). The van der Waals surface area contributed by atoms with Crippen LogP contribution in [0.1, 0.15) is 17.5 Å². The van der Waals surface area contributed by atoms with E-state index in [0.29, 0.717) is 34.6 Å². The third-order valence-corrected chi connectivity index (χ3v) is 4.82. The topological polar surface area (TPSA) is 56.7 Å². The van der Waals surface area contributed by atoms with Gasteiger partial charge in [-0.15, -0.1) is 0 Å². The number of rotatable bonds is 5. The van der Waals surface area contributed by atoms with Crippen molar-refractivity contribution in [3.8, 4) is 0 Å².